The number of nitrogens with two attached hydrogens (primary N) is 1. The molecule has 1 fully saturated rings. The van der Waals surface area contributed by atoms with E-state index in [1.54, 1.807) is 4.90 Å². The number of rotatable bonds is 4. The maximum absolute atomic E-state index is 11.6. The van der Waals surface area contributed by atoms with E-state index in [4.69, 9.17) is 5.73 Å². The van der Waals surface area contributed by atoms with Gasteiger partial charge in [-0.1, -0.05) is 13.3 Å². The molecule has 0 aromatic rings. The predicted molar refractivity (Wildman–Crippen MR) is 53.7 cm³/mol. The monoisotopic (exact) mass is 198 g/mol. The molecule has 2 N–H and O–H groups in total. The summed E-state index contributed by atoms with van der Waals surface area (Å²) in [4.78, 5) is 24.7. The molecule has 1 saturated heterocycles. The number of nitrogens with zero attached hydrogens (tertiary/aromatic N) is 1. The fraction of sp³-hybridized carbons (Fsp3) is 0.800. The van der Waals surface area contributed by atoms with E-state index in [1.165, 1.54) is 0 Å². The minimum absolute atomic E-state index is 0.386. The highest BCUT2D eigenvalue weighted by Crippen LogP contribution is 2.09. The number of ketones is 1. The molecule has 4 nitrogen and oxygen atoms in total. The van der Waals surface area contributed by atoms with Crippen LogP contribution in [0.15, 0.2) is 0 Å². The van der Waals surface area contributed by atoms with Gasteiger partial charge in [0.25, 0.3) is 5.91 Å². The molecule has 1 aliphatic heterocycles. The summed E-state index contributed by atoms with van der Waals surface area (Å²) in [6.45, 7) is 3.38. The predicted octanol–water partition coefficient (Wildman–Crippen LogP) is 0.305. The molecule has 0 spiro atoms. The SMILES string of the molecule is CCCC(N)C(=O)C(=O)N1CCCC1. The molecule has 0 aromatic heterocycles. The largest absolute Gasteiger partial charge is 0.336 e. The van der Waals surface area contributed by atoms with Gasteiger partial charge in [-0.05, 0) is 19.3 Å². The molecule has 14 heavy (non-hydrogen) atoms. The Morgan fingerprint density at radius 3 is 2.43 bits per heavy atom. The van der Waals surface area contributed by atoms with Crippen molar-refractivity contribution in [3.8, 4) is 0 Å². The Morgan fingerprint density at radius 1 is 1.36 bits per heavy atom. The van der Waals surface area contributed by atoms with Gasteiger partial charge in [-0.25, -0.2) is 0 Å². The number of Topliss-reactive ketones (excluding diaryl/α,β-unsaturated/α-hetero) is 1. The van der Waals surface area contributed by atoms with Gasteiger partial charge in [-0.3, -0.25) is 9.59 Å². The maximum atomic E-state index is 11.6. The summed E-state index contributed by atoms with van der Waals surface area (Å²) < 4.78 is 0. The Hall–Kier alpha value is -0.900. The zero-order chi connectivity index (χ0) is 10.6. The Balaban J connectivity index is 2.46. The second kappa shape index (κ2) is 5.10. The average molecular weight is 198 g/mol. The third kappa shape index (κ3) is 2.54. The van der Waals surface area contributed by atoms with Crippen molar-refractivity contribution in [1.82, 2.24) is 4.90 Å². The summed E-state index contributed by atoms with van der Waals surface area (Å²) in [5.74, 6) is -0.808. The van der Waals surface area contributed by atoms with Gasteiger partial charge < -0.3 is 10.6 Å². The van der Waals surface area contributed by atoms with Crippen LogP contribution in [-0.4, -0.2) is 35.7 Å². The topological polar surface area (TPSA) is 63.4 Å². The molecule has 1 rings (SSSR count). The van der Waals surface area contributed by atoms with Gasteiger partial charge >= 0.3 is 0 Å². The van der Waals surface area contributed by atoms with Crippen LogP contribution in [0.5, 0.6) is 0 Å². The van der Waals surface area contributed by atoms with E-state index in [0.717, 1.165) is 19.3 Å². The van der Waals surface area contributed by atoms with Crippen molar-refractivity contribution in [2.45, 2.75) is 38.6 Å². The normalized spacial score (nSPS) is 18.3. The van der Waals surface area contributed by atoms with Crippen molar-refractivity contribution >= 4 is 11.7 Å². The number of hydrogen-bond acceptors (Lipinski definition) is 3. The summed E-state index contributed by atoms with van der Waals surface area (Å²) in [5.41, 5.74) is 5.60. The first-order valence-electron chi connectivity index (χ1n) is 5.25. The van der Waals surface area contributed by atoms with Gasteiger partial charge in [-0.15, -0.1) is 0 Å². The smallest absolute Gasteiger partial charge is 0.291 e. The van der Waals surface area contributed by atoms with Crippen LogP contribution in [0.1, 0.15) is 32.6 Å². The molecule has 80 valence electrons. The Labute approximate surface area is 84.4 Å². The molecule has 1 heterocycles. The fourth-order valence-electron chi connectivity index (χ4n) is 1.68. The van der Waals surface area contributed by atoms with Crippen LogP contribution in [-0.2, 0) is 9.59 Å². The number of hydrogen-bond donors (Lipinski definition) is 1. The second-order valence-electron chi connectivity index (χ2n) is 3.76. The van der Waals surface area contributed by atoms with Crippen LogP contribution in [0, 0.1) is 0 Å². The van der Waals surface area contributed by atoms with E-state index in [0.29, 0.717) is 19.5 Å². The molecule has 0 bridgehead atoms. The molecule has 0 aromatic carbocycles. The van der Waals surface area contributed by atoms with Gasteiger partial charge in [0, 0.05) is 13.1 Å². The lowest BCUT2D eigenvalue weighted by atomic mass is 10.1. The van der Waals surface area contributed by atoms with Crippen molar-refractivity contribution in [3.05, 3.63) is 0 Å². The minimum atomic E-state index is -0.604. The third-order valence-electron chi connectivity index (χ3n) is 2.54. The van der Waals surface area contributed by atoms with Crippen LogP contribution < -0.4 is 5.73 Å². The summed E-state index contributed by atoms with van der Waals surface area (Å²) in [7, 11) is 0. The third-order valence-corrected chi connectivity index (χ3v) is 2.54. The molecule has 4 heteroatoms. The van der Waals surface area contributed by atoms with Crippen LogP contribution in [0.3, 0.4) is 0 Å². The van der Waals surface area contributed by atoms with E-state index >= 15 is 0 Å². The first kappa shape index (κ1) is 11.2. The Morgan fingerprint density at radius 2 is 1.93 bits per heavy atom. The summed E-state index contributed by atoms with van der Waals surface area (Å²) in [6, 6.07) is -0.604. The van der Waals surface area contributed by atoms with Gasteiger partial charge in [0.05, 0.1) is 6.04 Å². The number of amides is 1. The Bertz CT molecular complexity index is 222. The van der Waals surface area contributed by atoms with Gasteiger partial charge in [-0.2, -0.15) is 0 Å². The molecular weight excluding hydrogens is 180 g/mol. The number of likely N-dealkylation sites (tertiary alicyclic amines) is 1. The lowest BCUT2D eigenvalue weighted by Crippen LogP contribution is -2.43. The van der Waals surface area contributed by atoms with Crippen molar-refractivity contribution in [1.29, 1.82) is 0 Å². The molecule has 0 aliphatic carbocycles. The van der Waals surface area contributed by atoms with Crippen LogP contribution in [0.25, 0.3) is 0 Å². The molecule has 1 amide bonds. The van der Waals surface area contributed by atoms with Gasteiger partial charge in [0.15, 0.2) is 0 Å². The van der Waals surface area contributed by atoms with E-state index in [2.05, 4.69) is 0 Å². The molecule has 1 unspecified atom stereocenters. The van der Waals surface area contributed by atoms with Crippen LogP contribution in [0.2, 0.25) is 0 Å². The zero-order valence-corrected chi connectivity index (χ0v) is 8.66. The Kier molecular flexibility index (Phi) is 4.07. The average Bonchev–Trinajstić information content (AvgIpc) is 2.68. The zero-order valence-electron chi connectivity index (χ0n) is 8.66. The highest BCUT2D eigenvalue weighted by Gasteiger charge is 2.27. The lowest BCUT2D eigenvalue weighted by molar-refractivity contribution is -0.144. The molecule has 0 radical (unpaired) electrons. The quantitative estimate of drug-likeness (QED) is 0.661. The lowest BCUT2D eigenvalue weighted by Gasteiger charge is -2.16. The highest BCUT2D eigenvalue weighted by molar-refractivity contribution is 6.38. The van der Waals surface area contributed by atoms with Crippen LogP contribution in [0.4, 0.5) is 0 Å². The van der Waals surface area contributed by atoms with Crippen molar-refractivity contribution in [2.75, 3.05) is 13.1 Å². The summed E-state index contributed by atoms with van der Waals surface area (Å²) in [5, 5.41) is 0. The molecule has 0 saturated carbocycles. The first-order chi connectivity index (χ1) is 6.66. The summed E-state index contributed by atoms with van der Waals surface area (Å²) >= 11 is 0. The van der Waals surface area contributed by atoms with Crippen molar-refractivity contribution in [2.24, 2.45) is 5.73 Å². The van der Waals surface area contributed by atoms with Crippen molar-refractivity contribution in [3.63, 3.8) is 0 Å². The van der Waals surface area contributed by atoms with E-state index in [-0.39, 0.29) is 5.91 Å². The summed E-state index contributed by atoms with van der Waals surface area (Å²) in [6.07, 6.45) is 3.43. The van der Waals surface area contributed by atoms with Gasteiger partial charge in [0.2, 0.25) is 5.78 Å². The van der Waals surface area contributed by atoms with E-state index in [1.807, 2.05) is 6.92 Å². The molecule has 1 atom stereocenters. The fourth-order valence-corrected chi connectivity index (χ4v) is 1.68. The molecule has 1 aliphatic rings. The highest BCUT2D eigenvalue weighted by atomic mass is 16.2. The molecular formula is C10H18N2O2. The van der Waals surface area contributed by atoms with Gasteiger partial charge in [0.1, 0.15) is 0 Å². The second-order valence-corrected chi connectivity index (χ2v) is 3.76. The van der Waals surface area contributed by atoms with Crippen LogP contribution >= 0.6 is 0 Å². The van der Waals surface area contributed by atoms with E-state index in [9.17, 15) is 9.59 Å². The number of carbonyl (C=O) groups is 2. The first-order valence-corrected chi connectivity index (χ1v) is 5.25. The number of carbonyl (C=O) groups excluding carboxylic acids is 2. The van der Waals surface area contributed by atoms with E-state index < -0.39 is 11.8 Å². The standard InChI is InChI=1S/C10H18N2O2/c1-2-5-8(11)9(13)10(14)12-6-3-4-7-12/h8H,2-7,11H2,1H3. The maximum Gasteiger partial charge on any atom is 0.291 e. The minimum Gasteiger partial charge on any atom is -0.336 e. The van der Waals surface area contributed by atoms with Crippen molar-refractivity contribution < 1.29 is 9.59 Å².